The molecule has 0 aliphatic heterocycles. The van der Waals surface area contributed by atoms with Gasteiger partial charge in [0, 0.05) is 6.08 Å². The van der Waals surface area contributed by atoms with Crippen LogP contribution in [0.25, 0.3) is 6.08 Å². The highest BCUT2D eigenvalue weighted by Crippen LogP contribution is 2.36. The van der Waals surface area contributed by atoms with Crippen molar-refractivity contribution in [2.75, 3.05) is 21.3 Å². The van der Waals surface area contributed by atoms with E-state index in [4.69, 9.17) is 23.7 Å². The Labute approximate surface area is 190 Å². The van der Waals surface area contributed by atoms with Gasteiger partial charge < -0.3 is 28.8 Å². The molecule has 0 fully saturated rings. The largest absolute Gasteiger partial charge is 0.504 e. The molecule has 0 bridgehead atoms. The van der Waals surface area contributed by atoms with Gasteiger partial charge in [-0.2, -0.15) is 0 Å². The van der Waals surface area contributed by atoms with Gasteiger partial charge in [0.1, 0.15) is 0 Å². The molecule has 0 aliphatic carbocycles. The number of phenols is 1. The number of ether oxygens (including phenoxy) is 5. The molecule has 170 valence electrons. The standard InChI is InChI=1S/C25H22O8/c1-29-19-6-4-5-7-20(19)32-21-12-10-17(15-23(21)31-3)25(28)33-24(27)13-9-16-8-11-18(26)22(14-16)30-2/h4-15,26H,1-3H3. The van der Waals surface area contributed by atoms with Crippen LogP contribution < -0.4 is 18.9 Å². The van der Waals surface area contributed by atoms with Crippen molar-refractivity contribution < 1.29 is 38.4 Å². The van der Waals surface area contributed by atoms with Crippen LogP contribution in [0.1, 0.15) is 15.9 Å². The number of aromatic hydroxyl groups is 1. The van der Waals surface area contributed by atoms with Crippen LogP contribution in [-0.4, -0.2) is 38.4 Å². The summed E-state index contributed by atoms with van der Waals surface area (Å²) >= 11 is 0. The second-order valence-electron chi connectivity index (χ2n) is 6.59. The number of hydrogen-bond acceptors (Lipinski definition) is 8. The summed E-state index contributed by atoms with van der Waals surface area (Å²) in [5.74, 6) is 0.145. The molecule has 3 aromatic carbocycles. The fourth-order valence-electron chi connectivity index (χ4n) is 2.85. The van der Waals surface area contributed by atoms with Gasteiger partial charge in [-0.05, 0) is 54.1 Å². The molecule has 0 radical (unpaired) electrons. The maximum absolute atomic E-state index is 12.4. The Balaban J connectivity index is 1.70. The second-order valence-corrected chi connectivity index (χ2v) is 6.59. The van der Waals surface area contributed by atoms with Gasteiger partial charge in [0.05, 0.1) is 26.9 Å². The highest BCUT2D eigenvalue weighted by atomic mass is 16.6. The van der Waals surface area contributed by atoms with Crippen molar-refractivity contribution in [3.63, 3.8) is 0 Å². The predicted octanol–water partition coefficient (Wildman–Crippen LogP) is 4.61. The van der Waals surface area contributed by atoms with E-state index in [1.54, 1.807) is 24.3 Å². The zero-order valence-corrected chi connectivity index (χ0v) is 18.2. The Hall–Kier alpha value is -4.46. The van der Waals surface area contributed by atoms with Crippen LogP contribution in [0.4, 0.5) is 0 Å². The van der Waals surface area contributed by atoms with Crippen LogP contribution in [0.5, 0.6) is 34.5 Å². The van der Waals surface area contributed by atoms with Gasteiger partial charge in [-0.1, -0.05) is 18.2 Å². The van der Waals surface area contributed by atoms with Crippen LogP contribution >= 0.6 is 0 Å². The first-order chi connectivity index (χ1) is 15.9. The van der Waals surface area contributed by atoms with Crippen molar-refractivity contribution in [2.45, 2.75) is 0 Å². The molecular formula is C25H22O8. The molecule has 0 aliphatic rings. The maximum Gasteiger partial charge on any atom is 0.346 e. The van der Waals surface area contributed by atoms with Crippen molar-refractivity contribution in [2.24, 2.45) is 0 Å². The van der Waals surface area contributed by atoms with Gasteiger partial charge in [-0.15, -0.1) is 0 Å². The van der Waals surface area contributed by atoms with E-state index in [0.29, 0.717) is 22.8 Å². The number of carbonyl (C=O) groups excluding carboxylic acids is 2. The fourth-order valence-corrected chi connectivity index (χ4v) is 2.85. The number of hydrogen-bond donors (Lipinski definition) is 1. The lowest BCUT2D eigenvalue weighted by atomic mass is 10.2. The van der Waals surface area contributed by atoms with Crippen molar-refractivity contribution in [3.8, 4) is 34.5 Å². The molecule has 1 N–H and O–H groups in total. The lowest BCUT2D eigenvalue weighted by Crippen LogP contribution is -2.10. The normalized spacial score (nSPS) is 10.5. The predicted molar refractivity (Wildman–Crippen MR) is 120 cm³/mol. The van der Waals surface area contributed by atoms with Crippen molar-refractivity contribution in [1.29, 1.82) is 0 Å². The van der Waals surface area contributed by atoms with Crippen LogP contribution in [-0.2, 0) is 9.53 Å². The second kappa shape index (κ2) is 10.7. The molecule has 33 heavy (non-hydrogen) atoms. The molecule has 0 unspecified atom stereocenters. The van der Waals surface area contributed by atoms with Gasteiger partial charge in [0.15, 0.2) is 34.5 Å². The summed E-state index contributed by atoms with van der Waals surface area (Å²) in [7, 11) is 4.37. The average molecular weight is 450 g/mol. The smallest absolute Gasteiger partial charge is 0.346 e. The number of phenolic OH excluding ortho intramolecular Hbond substituents is 1. The van der Waals surface area contributed by atoms with Gasteiger partial charge in [0.2, 0.25) is 0 Å². The number of benzene rings is 3. The van der Waals surface area contributed by atoms with Crippen molar-refractivity contribution >= 4 is 18.0 Å². The third-order valence-electron chi connectivity index (χ3n) is 4.50. The van der Waals surface area contributed by atoms with E-state index in [2.05, 4.69) is 0 Å². The Kier molecular flexibility index (Phi) is 7.54. The SMILES string of the molecule is COc1cc(C=CC(=O)OC(=O)c2ccc(Oc3ccccc3OC)c(OC)c2)ccc1O. The highest BCUT2D eigenvalue weighted by Gasteiger charge is 2.16. The number of esters is 2. The lowest BCUT2D eigenvalue weighted by Gasteiger charge is -2.13. The summed E-state index contributed by atoms with van der Waals surface area (Å²) in [6.45, 7) is 0. The summed E-state index contributed by atoms with van der Waals surface area (Å²) in [5, 5.41) is 9.62. The third-order valence-corrected chi connectivity index (χ3v) is 4.50. The summed E-state index contributed by atoms with van der Waals surface area (Å²) in [5.41, 5.74) is 0.681. The molecule has 0 saturated heterocycles. The Bertz CT molecular complexity index is 1180. The first-order valence-electron chi connectivity index (χ1n) is 9.75. The minimum absolute atomic E-state index is 0.0283. The van der Waals surface area contributed by atoms with Crippen LogP contribution in [0.15, 0.2) is 66.7 Å². The maximum atomic E-state index is 12.4. The van der Waals surface area contributed by atoms with Crippen molar-refractivity contribution in [3.05, 3.63) is 77.9 Å². The Morgan fingerprint density at radius 3 is 2.12 bits per heavy atom. The molecule has 3 aromatic rings. The van der Waals surface area contributed by atoms with Gasteiger partial charge in [0.25, 0.3) is 0 Å². The minimum Gasteiger partial charge on any atom is -0.504 e. The Morgan fingerprint density at radius 1 is 0.758 bits per heavy atom. The van der Waals surface area contributed by atoms with E-state index in [0.717, 1.165) is 6.08 Å². The van der Waals surface area contributed by atoms with Crippen LogP contribution in [0, 0.1) is 0 Å². The summed E-state index contributed by atoms with van der Waals surface area (Å²) in [6, 6.07) is 16.0. The third kappa shape index (κ3) is 5.82. The summed E-state index contributed by atoms with van der Waals surface area (Å²) in [4.78, 5) is 24.5. The molecular weight excluding hydrogens is 428 g/mol. The first kappa shape index (κ1) is 23.2. The van der Waals surface area contributed by atoms with Gasteiger partial charge in [-0.25, -0.2) is 9.59 Å². The topological polar surface area (TPSA) is 101 Å². The Morgan fingerprint density at radius 2 is 1.42 bits per heavy atom. The fraction of sp³-hybridized carbons (Fsp3) is 0.120. The van der Waals surface area contributed by atoms with E-state index in [9.17, 15) is 14.7 Å². The van der Waals surface area contributed by atoms with Gasteiger partial charge in [-0.3, -0.25) is 0 Å². The van der Waals surface area contributed by atoms with E-state index in [1.807, 2.05) is 6.07 Å². The molecule has 0 heterocycles. The molecule has 3 rings (SSSR count). The molecule has 8 heteroatoms. The quantitative estimate of drug-likeness (QED) is 0.302. The number of rotatable bonds is 8. The molecule has 0 spiro atoms. The number of para-hydroxylation sites is 2. The van der Waals surface area contributed by atoms with E-state index in [1.165, 1.54) is 57.7 Å². The zero-order chi connectivity index (χ0) is 23.8. The lowest BCUT2D eigenvalue weighted by molar-refractivity contribution is -0.132. The molecule has 0 saturated carbocycles. The summed E-state index contributed by atoms with van der Waals surface area (Å²) in [6.07, 6.45) is 2.53. The highest BCUT2D eigenvalue weighted by molar-refractivity contribution is 6.01. The van der Waals surface area contributed by atoms with E-state index >= 15 is 0 Å². The molecule has 0 aromatic heterocycles. The van der Waals surface area contributed by atoms with E-state index in [-0.39, 0.29) is 22.8 Å². The minimum atomic E-state index is -0.861. The average Bonchev–Trinajstić information content (AvgIpc) is 2.84. The van der Waals surface area contributed by atoms with Crippen LogP contribution in [0.3, 0.4) is 0 Å². The molecule has 0 amide bonds. The van der Waals surface area contributed by atoms with E-state index < -0.39 is 11.9 Å². The molecule has 8 nitrogen and oxygen atoms in total. The number of methoxy groups -OCH3 is 3. The first-order valence-corrected chi connectivity index (χ1v) is 9.75. The van der Waals surface area contributed by atoms with Crippen molar-refractivity contribution in [1.82, 2.24) is 0 Å². The summed E-state index contributed by atoms with van der Waals surface area (Å²) < 4.78 is 26.3. The van der Waals surface area contributed by atoms with Crippen LogP contribution in [0.2, 0.25) is 0 Å². The monoisotopic (exact) mass is 450 g/mol. The number of carbonyl (C=O) groups is 2. The van der Waals surface area contributed by atoms with Gasteiger partial charge >= 0.3 is 11.9 Å². The zero-order valence-electron chi connectivity index (χ0n) is 18.2. The molecule has 0 atom stereocenters.